The fourth-order valence-electron chi connectivity index (χ4n) is 1.39. The summed E-state index contributed by atoms with van der Waals surface area (Å²) >= 11 is 0. The topological polar surface area (TPSA) is 35.5 Å². The van der Waals surface area contributed by atoms with Gasteiger partial charge in [0.25, 0.3) is 0 Å². The summed E-state index contributed by atoms with van der Waals surface area (Å²) in [6.45, 7) is 1.83. The maximum Gasteiger partial charge on any atom is 0.416 e. The largest absolute Gasteiger partial charge is 0.496 e. The first-order valence-electron chi connectivity index (χ1n) is 5.48. The summed E-state index contributed by atoms with van der Waals surface area (Å²) in [6, 6.07) is 3.03. The van der Waals surface area contributed by atoms with E-state index in [2.05, 4.69) is 4.74 Å². The molecule has 0 bridgehead atoms. The summed E-state index contributed by atoms with van der Waals surface area (Å²) in [5.41, 5.74) is -0.651. The molecule has 0 N–H and O–H groups in total. The average Bonchev–Trinajstić information content (AvgIpc) is 2.35. The van der Waals surface area contributed by atoms with E-state index in [0.717, 1.165) is 18.2 Å². The maximum atomic E-state index is 12.6. The number of hydrogen-bond acceptors (Lipinski definition) is 3. The van der Waals surface area contributed by atoms with Gasteiger partial charge in [-0.3, -0.25) is 0 Å². The van der Waals surface area contributed by atoms with Gasteiger partial charge >= 0.3 is 12.1 Å². The van der Waals surface area contributed by atoms with Gasteiger partial charge in [0, 0.05) is 11.6 Å². The third-order valence-electron chi connectivity index (χ3n) is 2.24. The van der Waals surface area contributed by atoms with E-state index in [4.69, 9.17) is 4.74 Å². The first-order chi connectivity index (χ1) is 8.88. The van der Waals surface area contributed by atoms with E-state index in [0.29, 0.717) is 0 Å². The number of benzene rings is 1. The molecule has 1 aromatic carbocycles. The molecule has 3 nitrogen and oxygen atoms in total. The van der Waals surface area contributed by atoms with E-state index in [-0.39, 0.29) is 17.9 Å². The lowest BCUT2D eigenvalue weighted by molar-refractivity contribution is -0.138. The predicted molar refractivity (Wildman–Crippen MR) is 63.7 cm³/mol. The normalized spacial score (nSPS) is 11.6. The number of esters is 1. The molecule has 1 rings (SSSR count). The second kappa shape index (κ2) is 6.26. The molecule has 0 fully saturated rings. The van der Waals surface area contributed by atoms with Crippen molar-refractivity contribution >= 4 is 12.0 Å². The molecule has 0 aromatic heterocycles. The Balaban J connectivity index is 3.06. The quantitative estimate of drug-likeness (QED) is 0.624. The number of methoxy groups -OCH3 is 1. The van der Waals surface area contributed by atoms with Crippen LogP contribution in [0.2, 0.25) is 0 Å². The molecule has 0 aliphatic carbocycles. The Morgan fingerprint density at radius 1 is 1.37 bits per heavy atom. The van der Waals surface area contributed by atoms with Crippen LogP contribution in [-0.2, 0) is 15.7 Å². The summed E-state index contributed by atoms with van der Waals surface area (Å²) in [5, 5.41) is 0. The van der Waals surface area contributed by atoms with Crippen molar-refractivity contribution in [3.8, 4) is 5.75 Å². The molecule has 1 aromatic rings. The Morgan fingerprint density at radius 3 is 2.58 bits per heavy atom. The van der Waals surface area contributed by atoms with E-state index < -0.39 is 17.7 Å². The molecule has 0 amide bonds. The van der Waals surface area contributed by atoms with Crippen LogP contribution in [-0.4, -0.2) is 19.7 Å². The Morgan fingerprint density at radius 2 is 2.05 bits per heavy atom. The summed E-state index contributed by atoms with van der Waals surface area (Å²) in [5.74, 6) is -0.379. The minimum Gasteiger partial charge on any atom is -0.496 e. The Labute approximate surface area is 108 Å². The highest BCUT2D eigenvalue weighted by atomic mass is 19.4. The molecule has 0 saturated heterocycles. The smallest absolute Gasteiger partial charge is 0.416 e. The summed E-state index contributed by atoms with van der Waals surface area (Å²) in [6.07, 6.45) is -2.16. The minimum absolute atomic E-state index is 0.158. The van der Waals surface area contributed by atoms with Gasteiger partial charge in [-0.25, -0.2) is 4.79 Å². The van der Waals surface area contributed by atoms with E-state index in [1.165, 1.54) is 19.3 Å². The average molecular weight is 274 g/mol. The van der Waals surface area contributed by atoms with Crippen LogP contribution < -0.4 is 4.74 Å². The zero-order valence-corrected chi connectivity index (χ0v) is 10.5. The maximum absolute atomic E-state index is 12.6. The molecule has 19 heavy (non-hydrogen) atoms. The van der Waals surface area contributed by atoms with Gasteiger partial charge in [-0.15, -0.1) is 0 Å². The number of alkyl halides is 3. The second-order valence-electron chi connectivity index (χ2n) is 3.54. The van der Waals surface area contributed by atoms with Crippen LogP contribution >= 0.6 is 0 Å². The summed E-state index contributed by atoms with van der Waals surface area (Å²) in [7, 11) is 1.34. The lowest BCUT2D eigenvalue weighted by atomic mass is 10.1. The van der Waals surface area contributed by atoms with Crippen molar-refractivity contribution in [1.82, 2.24) is 0 Å². The summed E-state index contributed by atoms with van der Waals surface area (Å²) < 4.78 is 47.3. The van der Waals surface area contributed by atoms with Crippen molar-refractivity contribution in [2.75, 3.05) is 13.7 Å². The van der Waals surface area contributed by atoms with Gasteiger partial charge < -0.3 is 9.47 Å². The number of carbonyl (C=O) groups is 1. The molecule has 0 heterocycles. The van der Waals surface area contributed by atoms with E-state index in [1.54, 1.807) is 6.92 Å². The lowest BCUT2D eigenvalue weighted by Crippen LogP contribution is -2.05. The number of ether oxygens (including phenoxy) is 2. The van der Waals surface area contributed by atoms with E-state index in [9.17, 15) is 18.0 Å². The molecule has 0 atom stereocenters. The Hall–Kier alpha value is -1.98. The summed E-state index contributed by atoms with van der Waals surface area (Å²) in [4.78, 5) is 11.1. The lowest BCUT2D eigenvalue weighted by Gasteiger charge is -2.10. The van der Waals surface area contributed by atoms with Crippen LogP contribution in [0.5, 0.6) is 5.75 Å². The van der Waals surface area contributed by atoms with Crippen LogP contribution in [0.15, 0.2) is 24.3 Å². The third kappa shape index (κ3) is 4.31. The van der Waals surface area contributed by atoms with Crippen molar-refractivity contribution in [2.45, 2.75) is 13.1 Å². The van der Waals surface area contributed by atoms with Crippen molar-refractivity contribution in [3.05, 3.63) is 35.4 Å². The number of rotatable bonds is 4. The zero-order valence-electron chi connectivity index (χ0n) is 10.5. The molecular formula is C13H13F3O3. The Bertz CT molecular complexity index is 479. The fraction of sp³-hybridized carbons (Fsp3) is 0.308. The monoisotopic (exact) mass is 274 g/mol. The standard InChI is InChI=1S/C13H13F3O3/c1-3-19-12(17)7-4-9-8-10(13(14,15)16)5-6-11(9)18-2/h4-8H,3H2,1-2H3. The van der Waals surface area contributed by atoms with Crippen LogP contribution in [0.3, 0.4) is 0 Å². The zero-order chi connectivity index (χ0) is 14.5. The predicted octanol–water partition coefficient (Wildman–Crippen LogP) is 3.29. The molecule has 0 spiro atoms. The van der Waals surface area contributed by atoms with Gasteiger partial charge in [-0.05, 0) is 31.2 Å². The molecule has 0 radical (unpaired) electrons. The van der Waals surface area contributed by atoms with Gasteiger partial charge in [0.15, 0.2) is 0 Å². The number of halogens is 3. The van der Waals surface area contributed by atoms with Gasteiger partial charge in [-0.2, -0.15) is 13.2 Å². The van der Waals surface area contributed by atoms with Gasteiger partial charge in [-0.1, -0.05) is 0 Å². The minimum atomic E-state index is -4.45. The molecular weight excluding hydrogens is 261 g/mol. The molecule has 104 valence electrons. The highest BCUT2D eigenvalue weighted by molar-refractivity contribution is 5.87. The van der Waals surface area contributed by atoms with Gasteiger partial charge in [0.1, 0.15) is 5.75 Å². The molecule has 6 heteroatoms. The van der Waals surface area contributed by atoms with E-state index >= 15 is 0 Å². The first kappa shape index (κ1) is 15.1. The molecule has 0 saturated carbocycles. The molecule has 0 aliphatic heterocycles. The van der Waals surface area contributed by atoms with Gasteiger partial charge in [0.2, 0.25) is 0 Å². The van der Waals surface area contributed by atoms with Crippen molar-refractivity contribution in [3.63, 3.8) is 0 Å². The molecule has 0 unspecified atom stereocenters. The van der Waals surface area contributed by atoms with Crippen LogP contribution in [0, 0.1) is 0 Å². The first-order valence-corrected chi connectivity index (χ1v) is 5.48. The fourth-order valence-corrected chi connectivity index (χ4v) is 1.39. The van der Waals surface area contributed by atoms with E-state index in [1.807, 2.05) is 0 Å². The third-order valence-corrected chi connectivity index (χ3v) is 2.24. The van der Waals surface area contributed by atoms with Crippen molar-refractivity contribution in [1.29, 1.82) is 0 Å². The number of hydrogen-bond donors (Lipinski definition) is 0. The van der Waals surface area contributed by atoms with Crippen LogP contribution in [0.25, 0.3) is 6.08 Å². The van der Waals surface area contributed by atoms with Gasteiger partial charge in [0.05, 0.1) is 19.3 Å². The highest BCUT2D eigenvalue weighted by Crippen LogP contribution is 2.32. The number of carbonyl (C=O) groups excluding carboxylic acids is 1. The van der Waals surface area contributed by atoms with Crippen LogP contribution in [0.4, 0.5) is 13.2 Å². The van der Waals surface area contributed by atoms with Crippen molar-refractivity contribution < 1.29 is 27.4 Å². The highest BCUT2D eigenvalue weighted by Gasteiger charge is 2.30. The molecule has 0 aliphatic rings. The SMILES string of the molecule is CCOC(=O)C=Cc1cc(C(F)(F)F)ccc1OC. The second-order valence-corrected chi connectivity index (χ2v) is 3.54. The van der Waals surface area contributed by atoms with Crippen molar-refractivity contribution in [2.24, 2.45) is 0 Å². The van der Waals surface area contributed by atoms with Crippen LogP contribution in [0.1, 0.15) is 18.1 Å². The Kier molecular flexibility index (Phi) is 4.97.